The minimum Gasteiger partial charge on any atom is -0.316 e. The quantitative estimate of drug-likeness (QED) is 0.877. The number of aromatic nitrogens is 1. The van der Waals surface area contributed by atoms with E-state index in [0.717, 1.165) is 13.1 Å². The Morgan fingerprint density at radius 2 is 2.11 bits per heavy atom. The largest absolute Gasteiger partial charge is 0.316 e. The molecule has 0 amide bonds. The molecular weight excluding hydrogens is 240 g/mol. The Hall–Kier alpha value is -0.410. The van der Waals surface area contributed by atoms with Crippen molar-refractivity contribution in [2.45, 2.75) is 58.8 Å². The van der Waals surface area contributed by atoms with Crippen LogP contribution in [0, 0.1) is 5.41 Å². The summed E-state index contributed by atoms with van der Waals surface area (Å²) in [6.07, 6.45) is 5.29. The van der Waals surface area contributed by atoms with Gasteiger partial charge in [-0.2, -0.15) is 0 Å². The highest BCUT2D eigenvalue weighted by molar-refractivity contribution is 7.09. The number of thiazole rings is 1. The lowest BCUT2D eigenvalue weighted by Crippen LogP contribution is -2.41. The second-order valence-electron chi connectivity index (χ2n) is 6.69. The standard InChI is InChI=1S/C15H26N2S/c1-5-16-11-15(7-6-8-15)9-13-17-12(10-18-13)14(2,3)4/h10,16H,5-9,11H2,1-4H3. The van der Waals surface area contributed by atoms with Crippen molar-refractivity contribution in [2.24, 2.45) is 5.41 Å². The predicted octanol–water partition coefficient (Wildman–Crippen LogP) is 3.76. The van der Waals surface area contributed by atoms with E-state index in [0.29, 0.717) is 5.41 Å². The number of hydrogen-bond acceptors (Lipinski definition) is 3. The Morgan fingerprint density at radius 3 is 2.56 bits per heavy atom. The first-order chi connectivity index (χ1) is 8.45. The number of rotatable bonds is 5. The monoisotopic (exact) mass is 266 g/mol. The molecule has 1 N–H and O–H groups in total. The normalized spacial score (nSPS) is 18.7. The van der Waals surface area contributed by atoms with Gasteiger partial charge in [-0.25, -0.2) is 4.98 Å². The predicted molar refractivity (Wildman–Crippen MR) is 79.3 cm³/mol. The molecule has 0 bridgehead atoms. The maximum absolute atomic E-state index is 4.85. The molecule has 2 nitrogen and oxygen atoms in total. The van der Waals surface area contributed by atoms with Gasteiger partial charge in [-0.1, -0.05) is 34.1 Å². The SMILES string of the molecule is CCNCC1(Cc2nc(C(C)(C)C)cs2)CCC1. The van der Waals surface area contributed by atoms with Gasteiger partial charge < -0.3 is 5.32 Å². The Labute approximate surface area is 115 Å². The molecule has 3 heteroatoms. The molecular formula is C15H26N2S. The summed E-state index contributed by atoms with van der Waals surface area (Å²) >= 11 is 1.85. The molecule has 1 aromatic rings. The molecule has 0 radical (unpaired) electrons. The van der Waals surface area contributed by atoms with E-state index in [4.69, 9.17) is 4.98 Å². The van der Waals surface area contributed by atoms with Crippen molar-refractivity contribution in [2.75, 3.05) is 13.1 Å². The third-order valence-electron chi connectivity index (χ3n) is 4.01. The minimum atomic E-state index is 0.184. The molecule has 1 aromatic heterocycles. The zero-order valence-corrected chi connectivity index (χ0v) is 13.0. The van der Waals surface area contributed by atoms with E-state index < -0.39 is 0 Å². The highest BCUT2D eigenvalue weighted by Gasteiger charge is 2.37. The van der Waals surface area contributed by atoms with Gasteiger partial charge >= 0.3 is 0 Å². The molecule has 18 heavy (non-hydrogen) atoms. The van der Waals surface area contributed by atoms with E-state index in [-0.39, 0.29) is 5.41 Å². The lowest BCUT2D eigenvalue weighted by atomic mass is 9.66. The Morgan fingerprint density at radius 1 is 1.39 bits per heavy atom. The lowest BCUT2D eigenvalue weighted by molar-refractivity contribution is 0.131. The van der Waals surface area contributed by atoms with Gasteiger partial charge in [-0.3, -0.25) is 0 Å². The zero-order chi connectivity index (χ0) is 13.2. The fourth-order valence-electron chi connectivity index (χ4n) is 2.54. The molecule has 2 rings (SSSR count). The van der Waals surface area contributed by atoms with Crippen LogP contribution in [0.3, 0.4) is 0 Å². The summed E-state index contributed by atoms with van der Waals surface area (Å²) in [6, 6.07) is 0. The summed E-state index contributed by atoms with van der Waals surface area (Å²) in [5, 5.41) is 7.10. The van der Waals surface area contributed by atoms with Crippen LogP contribution in [0.1, 0.15) is 57.7 Å². The summed E-state index contributed by atoms with van der Waals surface area (Å²) in [7, 11) is 0. The van der Waals surface area contributed by atoms with E-state index >= 15 is 0 Å². The molecule has 1 aliphatic carbocycles. The van der Waals surface area contributed by atoms with Crippen molar-refractivity contribution in [3.05, 3.63) is 16.1 Å². The van der Waals surface area contributed by atoms with Crippen LogP contribution < -0.4 is 5.32 Å². The van der Waals surface area contributed by atoms with Crippen LogP contribution in [0.15, 0.2) is 5.38 Å². The van der Waals surface area contributed by atoms with Crippen LogP contribution in [0.4, 0.5) is 0 Å². The van der Waals surface area contributed by atoms with Gasteiger partial charge in [0, 0.05) is 23.8 Å². The van der Waals surface area contributed by atoms with E-state index in [1.165, 1.54) is 36.4 Å². The molecule has 1 aliphatic rings. The maximum Gasteiger partial charge on any atom is 0.0934 e. The van der Waals surface area contributed by atoms with Crippen molar-refractivity contribution in [3.63, 3.8) is 0 Å². The summed E-state index contributed by atoms with van der Waals surface area (Å²) < 4.78 is 0. The van der Waals surface area contributed by atoms with Gasteiger partial charge in [0.15, 0.2) is 0 Å². The third kappa shape index (κ3) is 3.12. The molecule has 0 aromatic carbocycles. The molecule has 0 aliphatic heterocycles. The van der Waals surface area contributed by atoms with Crippen molar-refractivity contribution in [1.29, 1.82) is 0 Å². The first-order valence-electron chi connectivity index (χ1n) is 7.11. The fraction of sp³-hybridized carbons (Fsp3) is 0.800. The van der Waals surface area contributed by atoms with E-state index in [2.05, 4.69) is 38.4 Å². The van der Waals surface area contributed by atoms with Crippen molar-refractivity contribution in [3.8, 4) is 0 Å². The zero-order valence-electron chi connectivity index (χ0n) is 12.2. The summed E-state index contributed by atoms with van der Waals surface area (Å²) in [6.45, 7) is 11.1. The van der Waals surface area contributed by atoms with Crippen LogP contribution in [0.25, 0.3) is 0 Å². The third-order valence-corrected chi connectivity index (χ3v) is 4.86. The Kier molecular flexibility index (Phi) is 4.12. The van der Waals surface area contributed by atoms with Crippen molar-refractivity contribution in [1.82, 2.24) is 10.3 Å². The summed E-state index contributed by atoms with van der Waals surface area (Å²) in [5.41, 5.74) is 1.94. The van der Waals surface area contributed by atoms with E-state index in [9.17, 15) is 0 Å². The molecule has 0 saturated heterocycles. The van der Waals surface area contributed by atoms with Crippen LogP contribution >= 0.6 is 11.3 Å². The second kappa shape index (κ2) is 5.30. The van der Waals surface area contributed by atoms with E-state index in [1.807, 2.05) is 11.3 Å². The molecule has 1 saturated carbocycles. The number of hydrogen-bond donors (Lipinski definition) is 1. The fourth-order valence-corrected chi connectivity index (χ4v) is 3.73. The highest BCUT2D eigenvalue weighted by atomic mass is 32.1. The summed E-state index contributed by atoms with van der Waals surface area (Å²) in [5.74, 6) is 0. The second-order valence-corrected chi connectivity index (χ2v) is 7.63. The highest BCUT2D eigenvalue weighted by Crippen LogP contribution is 2.43. The molecule has 1 heterocycles. The van der Waals surface area contributed by atoms with Crippen molar-refractivity contribution >= 4 is 11.3 Å². The topological polar surface area (TPSA) is 24.9 Å². The van der Waals surface area contributed by atoms with Crippen molar-refractivity contribution < 1.29 is 0 Å². The van der Waals surface area contributed by atoms with Gasteiger partial charge in [-0.15, -0.1) is 11.3 Å². The average Bonchev–Trinajstić information content (AvgIpc) is 2.69. The molecule has 0 unspecified atom stereocenters. The van der Waals surface area contributed by atoms with Crippen LogP contribution in [0.5, 0.6) is 0 Å². The Balaban J connectivity index is 2.02. The van der Waals surface area contributed by atoms with Gasteiger partial charge in [0.05, 0.1) is 10.7 Å². The molecule has 102 valence electrons. The number of nitrogens with zero attached hydrogens (tertiary/aromatic N) is 1. The van der Waals surface area contributed by atoms with E-state index in [1.54, 1.807) is 0 Å². The average molecular weight is 266 g/mol. The molecule has 0 spiro atoms. The summed E-state index contributed by atoms with van der Waals surface area (Å²) in [4.78, 5) is 4.85. The van der Waals surface area contributed by atoms with Crippen LogP contribution in [-0.4, -0.2) is 18.1 Å². The number of nitrogens with one attached hydrogen (secondary N) is 1. The lowest BCUT2D eigenvalue weighted by Gasteiger charge is -2.41. The van der Waals surface area contributed by atoms with Crippen LogP contribution in [0.2, 0.25) is 0 Å². The van der Waals surface area contributed by atoms with Gasteiger partial charge in [0.25, 0.3) is 0 Å². The smallest absolute Gasteiger partial charge is 0.0934 e. The van der Waals surface area contributed by atoms with Gasteiger partial charge in [0.1, 0.15) is 0 Å². The minimum absolute atomic E-state index is 0.184. The molecule has 0 atom stereocenters. The van der Waals surface area contributed by atoms with Crippen LogP contribution in [-0.2, 0) is 11.8 Å². The first-order valence-corrected chi connectivity index (χ1v) is 7.99. The van der Waals surface area contributed by atoms with Gasteiger partial charge in [0.2, 0.25) is 0 Å². The van der Waals surface area contributed by atoms with Gasteiger partial charge in [-0.05, 0) is 24.8 Å². The Bertz CT molecular complexity index is 385. The first kappa shape index (κ1) is 14.0. The molecule has 1 fully saturated rings. The maximum atomic E-state index is 4.85.